The van der Waals surface area contributed by atoms with Crippen molar-refractivity contribution in [3.8, 4) is 16.9 Å². The minimum atomic E-state index is -2.74. The molecule has 4 rings (SSSR count). The number of alkyl halides is 2. The summed E-state index contributed by atoms with van der Waals surface area (Å²) in [7, 11) is 0. The number of aromatic nitrogens is 2. The van der Waals surface area contributed by atoms with Crippen molar-refractivity contribution < 1.29 is 27.5 Å². The van der Waals surface area contributed by atoms with Gasteiger partial charge in [-0.2, -0.15) is 0 Å². The predicted octanol–water partition coefficient (Wildman–Crippen LogP) is 5.43. The molecular formula is C23H19Cl2F3N4O3S. The van der Waals surface area contributed by atoms with E-state index in [1.165, 1.54) is 30.0 Å². The van der Waals surface area contributed by atoms with Crippen LogP contribution in [-0.2, 0) is 4.79 Å². The van der Waals surface area contributed by atoms with Gasteiger partial charge in [0.05, 0.1) is 28.5 Å². The number of amides is 2. The smallest absolute Gasteiger partial charge is 0.272 e. The molecule has 1 aliphatic carbocycles. The van der Waals surface area contributed by atoms with Gasteiger partial charge in [-0.25, -0.2) is 13.2 Å². The van der Waals surface area contributed by atoms with E-state index in [0.29, 0.717) is 17.7 Å². The van der Waals surface area contributed by atoms with Crippen LogP contribution in [0, 0.1) is 5.82 Å². The second-order valence-corrected chi connectivity index (χ2v) is 9.88. The molecule has 2 N–H and O–H groups in total. The highest BCUT2D eigenvalue weighted by Gasteiger charge is 2.51. The third kappa shape index (κ3) is 5.74. The van der Waals surface area contributed by atoms with Gasteiger partial charge in [0.25, 0.3) is 12.3 Å². The second kappa shape index (κ2) is 10.6. The number of halogens is 5. The van der Waals surface area contributed by atoms with Crippen molar-refractivity contribution in [1.82, 2.24) is 20.6 Å². The van der Waals surface area contributed by atoms with E-state index in [4.69, 9.17) is 27.9 Å². The van der Waals surface area contributed by atoms with Crippen LogP contribution in [0.15, 0.2) is 36.1 Å². The lowest BCUT2D eigenvalue weighted by Gasteiger charge is -2.21. The van der Waals surface area contributed by atoms with Crippen LogP contribution in [0.25, 0.3) is 11.1 Å². The number of hydrogen-bond donors (Lipinski definition) is 2. The fourth-order valence-electron chi connectivity index (χ4n) is 3.53. The summed E-state index contributed by atoms with van der Waals surface area (Å²) < 4.78 is 45.6. The standard InChI is InChI=1S/C23H19Cl2F3N4O3S/c1-11(31-22(34)23(2-3-23)32-21(33)17-8-29-10-36-17)19-16(26)4-12(7-30-19)14-5-13(24)6-15(25)20(14)35-9-18(27)28/h4-8,10-11,18H,2-3,9H2,1H3,(H,31,34)(H,32,33)/t11-/m1/s1. The molecule has 0 aliphatic heterocycles. The van der Waals surface area contributed by atoms with Gasteiger partial charge >= 0.3 is 0 Å². The summed E-state index contributed by atoms with van der Waals surface area (Å²) in [5.41, 5.74) is 0.768. The topological polar surface area (TPSA) is 93.2 Å². The SMILES string of the molecule is C[C@@H](NC(=O)C1(NC(=O)c2cncs2)CC1)c1ncc(-c2cc(Cl)cc(Cl)c2OCC(F)F)cc1F. The van der Waals surface area contributed by atoms with E-state index in [1.807, 2.05) is 0 Å². The van der Waals surface area contributed by atoms with E-state index in [0.717, 1.165) is 17.4 Å². The van der Waals surface area contributed by atoms with E-state index >= 15 is 4.39 Å². The van der Waals surface area contributed by atoms with Crippen LogP contribution in [0.2, 0.25) is 10.0 Å². The summed E-state index contributed by atoms with van der Waals surface area (Å²) in [6.07, 6.45) is 0.863. The highest BCUT2D eigenvalue weighted by atomic mass is 35.5. The lowest BCUT2D eigenvalue weighted by atomic mass is 10.0. The van der Waals surface area contributed by atoms with Crippen LogP contribution in [0.4, 0.5) is 13.2 Å². The summed E-state index contributed by atoms with van der Waals surface area (Å²) in [4.78, 5) is 33.6. The first kappa shape index (κ1) is 26.2. The zero-order chi connectivity index (χ0) is 26.0. The number of carbonyl (C=O) groups excluding carboxylic acids is 2. The zero-order valence-corrected chi connectivity index (χ0v) is 21.0. The van der Waals surface area contributed by atoms with Gasteiger partial charge in [0, 0.05) is 22.3 Å². The van der Waals surface area contributed by atoms with Crippen LogP contribution in [0.5, 0.6) is 5.75 Å². The number of benzene rings is 1. The molecule has 3 aromatic rings. The summed E-state index contributed by atoms with van der Waals surface area (Å²) in [5, 5.41) is 5.59. The van der Waals surface area contributed by atoms with Crippen molar-refractivity contribution in [3.05, 3.63) is 62.5 Å². The first-order valence-corrected chi connectivity index (χ1v) is 12.3. The fourth-order valence-corrected chi connectivity index (χ4v) is 4.59. The number of hydrogen-bond acceptors (Lipinski definition) is 6. The molecule has 0 spiro atoms. The molecule has 36 heavy (non-hydrogen) atoms. The molecule has 0 radical (unpaired) electrons. The molecule has 1 saturated carbocycles. The average Bonchev–Trinajstić information content (AvgIpc) is 3.38. The maximum atomic E-state index is 15.1. The monoisotopic (exact) mass is 558 g/mol. The average molecular weight is 559 g/mol. The van der Waals surface area contributed by atoms with Crippen molar-refractivity contribution in [2.45, 2.75) is 37.8 Å². The van der Waals surface area contributed by atoms with Gasteiger partial charge in [-0.15, -0.1) is 11.3 Å². The number of ether oxygens (including phenoxy) is 1. The van der Waals surface area contributed by atoms with Crippen LogP contribution in [0.3, 0.4) is 0 Å². The lowest BCUT2D eigenvalue weighted by Crippen LogP contribution is -2.49. The highest BCUT2D eigenvalue weighted by Crippen LogP contribution is 2.40. The molecule has 0 unspecified atom stereocenters. The second-order valence-electron chi connectivity index (χ2n) is 8.15. The number of carbonyl (C=O) groups is 2. The first-order chi connectivity index (χ1) is 17.1. The Morgan fingerprint density at radius 2 is 1.97 bits per heavy atom. The third-order valence-corrected chi connectivity index (χ3v) is 6.76. The molecule has 1 aliphatic rings. The van der Waals surface area contributed by atoms with Crippen molar-refractivity contribution in [2.24, 2.45) is 0 Å². The Bertz CT molecular complexity index is 1290. The Labute approximate surface area is 218 Å². The molecule has 7 nitrogen and oxygen atoms in total. The van der Waals surface area contributed by atoms with Crippen LogP contribution >= 0.6 is 34.5 Å². The fraction of sp³-hybridized carbons (Fsp3) is 0.304. The van der Waals surface area contributed by atoms with Crippen LogP contribution in [0.1, 0.15) is 41.2 Å². The summed E-state index contributed by atoms with van der Waals surface area (Å²) >= 11 is 13.3. The predicted molar refractivity (Wildman–Crippen MR) is 129 cm³/mol. The molecule has 0 bridgehead atoms. The molecule has 2 aromatic heterocycles. The highest BCUT2D eigenvalue weighted by molar-refractivity contribution is 7.11. The summed E-state index contributed by atoms with van der Waals surface area (Å²) in [6, 6.07) is 3.02. The Balaban J connectivity index is 1.50. The summed E-state index contributed by atoms with van der Waals surface area (Å²) in [5.74, 6) is -1.70. The van der Waals surface area contributed by atoms with E-state index in [2.05, 4.69) is 20.6 Å². The number of thiazole rings is 1. The van der Waals surface area contributed by atoms with Crippen LogP contribution < -0.4 is 15.4 Å². The van der Waals surface area contributed by atoms with Gasteiger partial charge < -0.3 is 15.4 Å². The zero-order valence-electron chi connectivity index (χ0n) is 18.7. The third-order valence-electron chi connectivity index (χ3n) is 5.49. The van der Waals surface area contributed by atoms with Gasteiger partial charge in [-0.05, 0) is 38.0 Å². The molecule has 2 heterocycles. The van der Waals surface area contributed by atoms with Crippen molar-refractivity contribution in [3.63, 3.8) is 0 Å². The molecule has 1 aromatic carbocycles. The maximum Gasteiger partial charge on any atom is 0.272 e. The Hall–Kier alpha value is -2.89. The molecule has 0 saturated heterocycles. The van der Waals surface area contributed by atoms with Gasteiger partial charge in [0.15, 0.2) is 0 Å². The molecule has 1 atom stereocenters. The molecular weight excluding hydrogens is 540 g/mol. The Morgan fingerprint density at radius 3 is 2.58 bits per heavy atom. The maximum absolute atomic E-state index is 15.1. The van der Waals surface area contributed by atoms with Gasteiger partial charge in [0.2, 0.25) is 5.91 Å². The minimum absolute atomic E-state index is 0.0154. The van der Waals surface area contributed by atoms with Gasteiger partial charge in [-0.1, -0.05) is 23.2 Å². The first-order valence-electron chi connectivity index (χ1n) is 10.7. The molecule has 1 fully saturated rings. The molecule has 2 amide bonds. The Morgan fingerprint density at radius 1 is 1.22 bits per heavy atom. The van der Waals surface area contributed by atoms with Gasteiger partial charge in [-0.3, -0.25) is 19.6 Å². The largest absolute Gasteiger partial charge is 0.485 e. The molecule has 13 heteroatoms. The number of nitrogens with one attached hydrogen (secondary N) is 2. The van der Waals surface area contributed by atoms with Crippen LogP contribution in [-0.4, -0.2) is 40.4 Å². The summed E-state index contributed by atoms with van der Waals surface area (Å²) in [6.45, 7) is 0.643. The number of rotatable bonds is 9. The van der Waals surface area contributed by atoms with E-state index in [9.17, 15) is 18.4 Å². The molecule has 190 valence electrons. The van der Waals surface area contributed by atoms with E-state index in [1.54, 1.807) is 6.92 Å². The lowest BCUT2D eigenvalue weighted by molar-refractivity contribution is -0.124. The van der Waals surface area contributed by atoms with E-state index in [-0.39, 0.29) is 32.6 Å². The normalized spacial score (nSPS) is 14.9. The quantitative estimate of drug-likeness (QED) is 0.365. The Kier molecular flexibility index (Phi) is 7.72. The van der Waals surface area contributed by atoms with E-state index < -0.39 is 42.2 Å². The van der Waals surface area contributed by atoms with Crippen molar-refractivity contribution >= 4 is 46.4 Å². The van der Waals surface area contributed by atoms with Gasteiger partial charge in [0.1, 0.15) is 28.6 Å². The minimum Gasteiger partial charge on any atom is -0.485 e. The van der Waals surface area contributed by atoms with Crippen molar-refractivity contribution in [1.29, 1.82) is 0 Å². The van der Waals surface area contributed by atoms with Crippen molar-refractivity contribution in [2.75, 3.05) is 6.61 Å². The number of pyridine rings is 1. The number of nitrogens with zero attached hydrogens (tertiary/aromatic N) is 2.